The lowest BCUT2D eigenvalue weighted by Gasteiger charge is -2.11. The maximum Gasteiger partial charge on any atom is 0.247 e. The number of aliphatic hydroxyl groups is 1. The van der Waals surface area contributed by atoms with Crippen LogP contribution in [0.15, 0.2) is 29.0 Å². The molecule has 2 heterocycles. The van der Waals surface area contributed by atoms with Gasteiger partial charge in [-0.3, -0.25) is 4.79 Å². The molecule has 0 atom stereocenters. The third-order valence-electron chi connectivity index (χ3n) is 2.47. The first-order valence-electron chi connectivity index (χ1n) is 5.89. The van der Waals surface area contributed by atoms with Gasteiger partial charge in [-0.15, -0.1) is 5.10 Å². The number of carbonyl (C=O) groups excluding carboxylic acids is 1. The molecule has 0 fully saturated rings. The number of hydrogen-bond acceptors (Lipinski definition) is 5. The van der Waals surface area contributed by atoms with Gasteiger partial charge in [-0.1, -0.05) is 5.21 Å². The largest absolute Gasteiger partial charge is 0.384 e. The Morgan fingerprint density at radius 1 is 1.50 bits per heavy atom. The lowest BCUT2D eigenvalue weighted by Crippen LogP contribution is -2.20. The van der Waals surface area contributed by atoms with Crippen LogP contribution in [0.2, 0.25) is 0 Å². The Hall–Kier alpha value is -1.80. The summed E-state index contributed by atoms with van der Waals surface area (Å²) in [6.07, 6.45) is 3.13. The van der Waals surface area contributed by atoms with Crippen LogP contribution in [0, 0.1) is 0 Å². The highest BCUT2D eigenvalue weighted by Crippen LogP contribution is 2.15. The van der Waals surface area contributed by atoms with E-state index in [1.807, 2.05) is 0 Å². The summed E-state index contributed by atoms with van der Waals surface area (Å²) in [4.78, 5) is 15.9. The second-order valence-corrected chi connectivity index (χ2v) is 5.69. The third-order valence-corrected chi connectivity index (χ3v) is 2.94. The monoisotopic (exact) mass is 339 g/mol. The number of halogens is 1. The summed E-state index contributed by atoms with van der Waals surface area (Å²) in [5.74, 6) is 0.188. The minimum Gasteiger partial charge on any atom is -0.384 e. The average molecular weight is 340 g/mol. The molecule has 106 valence electrons. The second kappa shape index (κ2) is 5.68. The van der Waals surface area contributed by atoms with Gasteiger partial charge in [-0.05, 0) is 41.9 Å². The van der Waals surface area contributed by atoms with Crippen molar-refractivity contribution in [1.29, 1.82) is 0 Å². The molecule has 1 amide bonds. The first kappa shape index (κ1) is 14.6. The Morgan fingerprint density at radius 2 is 2.25 bits per heavy atom. The Labute approximate surface area is 124 Å². The number of nitrogens with zero attached hydrogens (tertiary/aromatic N) is 4. The third kappa shape index (κ3) is 3.84. The Bertz CT molecular complexity index is 603. The minimum absolute atomic E-state index is 0.000817. The van der Waals surface area contributed by atoms with Crippen molar-refractivity contribution in [2.24, 2.45) is 0 Å². The van der Waals surface area contributed by atoms with Crippen molar-refractivity contribution in [2.75, 3.05) is 5.32 Å². The minimum atomic E-state index is -1.08. The van der Waals surface area contributed by atoms with E-state index in [-0.39, 0.29) is 12.5 Å². The van der Waals surface area contributed by atoms with E-state index in [9.17, 15) is 9.90 Å². The van der Waals surface area contributed by atoms with Crippen molar-refractivity contribution >= 4 is 27.7 Å². The predicted octanol–water partition coefficient (Wildman–Crippen LogP) is 1.30. The summed E-state index contributed by atoms with van der Waals surface area (Å²) < 4.78 is 2.20. The van der Waals surface area contributed by atoms with E-state index in [0.29, 0.717) is 11.5 Å². The molecule has 0 aromatic carbocycles. The van der Waals surface area contributed by atoms with E-state index in [1.54, 1.807) is 32.2 Å². The van der Waals surface area contributed by atoms with Gasteiger partial charge in [0.25, 0.3) is 0 Å². The summed E-state index contributed by atoms with van der Waals surface area (Å²) in [5.41, 5.74) is -0.672. The fourth-order valence-corrected chi connectivity index (χ4v) is 1.67. The fraction of sp³-hybridized carbons (Fsp3) is 0.333. The molecule has 0 aliphatic heterocycles. The molecular weight excluding hydrogens is 326 g/mol. The van der Waals surface area contributed by atoms with Crippen LogP contribution in [-0.4, -0.2) is 31.0 Å². The van der Waals surface area contributed by atoms with Crippen molar-refractivity contribution in [2.45, 2.75) is 26.0 Å². The van der Waals surface area contributed by atoms with Crippen molar-refractivity contribution in [3.05, 3.63) is 34.7 Å². The van der Waals surface area contributed by atoms with Crippen molar-refractivity contribution in [3.8, 4) is 0 Å². The van der Waals surface area contributed by atoms with Crippen molar-refractivity contribution in [3.63, 3.8) is 0 Å². The van der Waals surface area contributed by atoms with E-state index in [0.717, 1.165) is 4.47 Å². The highest BCUT2D eigenvalue weighted by Gasteiger charge is 2.20. The van der Waals surface area contributed by atoms with Gasteiger partial charge in [-0.2, -0.15) is 0 Å². The molecule has 0 spiro atoms. The quantitative estimate of drug-likeness (QED) is 0.875. The maximum atomic E-state index is 11.8. The Balaban J connectivity index is 1.98. The lowest BCUT2D eigenvalue weighted by atomic mass is 10.1. The van der Waals surface area contributed by atoms with E-state index in [4.69, 9.17) is 0 Å². The number of carbonyl (C=O) groups is 1. The maximum absolute atomic E-state index is 11.8. The van der Waals surface area contributed by atoms with Crippen LogP contribution < -0.4 is 5.32 Å². The fourth-order valence-electron chi connectivity index (χ4n) is 1.44. The van der Waals surface area contributed by atoms with Crippen LogP contribution in [0.25, 0.3) is 0 Å². The lowest BCUT2D eigenvalue weighted by molar-refractivity contribution is -0.117. The Kier molecular flexibility index (Phi) is 4.15. The number of rotatable bonds is 4. The molecule has 8 heteroatoms. The molecule has 2 aromatic heterocycles. The van der Waals surface area contributed by atoms with Gasteiger partial charge in [0.2, 0.25) is 5.91 Å². The zero-order chi connectivity index (χ0) is 14.8. The first-order chi connectivity index (χ1) is 9.34. The highest BCUT2D eigenvalue weighted by atomic mass is 79.9. The normalized spacial score (nSPS) is 11.4. The summed E-state index contributed by atoms with van der Waals surface area (Å²) in [5, 5.41) is 20.0. The zero-order valence-electron chi connectivity index (χ0n) is 11.0. The molecule has 0 radical (unpaired) electrons. The van der Waals surface area contributed by atoms with E-state index in [1.165, 1.54) is 10.9 Å². The standard InChI is InChI=1S/C12H14BrN5O2/c1-12(2,20)9-6-18(17-16-9)7-11(19)15-10-4-3-8(13)5-14-10/h3-6,20H,7H2,1-2H3,(H,14,15,19). The predicted molar refractivity (Wildman–Crippen MR) is 75.8 cm³/mol. The van der Waals surface area contributed by atoms with Gasteiger partial charge in [0, 0.05) is 10.7 Å². The smallest absolute Gasteiger partial charge is 0.247 e. The van der Waals surface area contributed by atoms with Gasteiger partial charge in [0.1, 0.15) is 23.7 Å². The number of anilines is 1. The molecule has 0 aliphatic carbocycles. The van der Waals surface area contributed by atoms with E-state index in [2.05, 4.69) is 36.5 Å². The number of nitrogens with one attached hydrogen (secondary N) is 1. The number of amides is 1. The molecule has 0 bridgehead atoms. The van der Waals surface area contributed by atoms with E-state index >= 15 is 0 Å². The summed E-state index contributed by atoms with van der Waals surface area (Å²) in [6.45, 7) is 3.21. The molecule has 2 rings (SSSR count). The van der Waals surface area contributed by atoms with Gasteiger partial charge < -0.3 is 10.4 Å². The topological polar surface area (TPSA) is 92.9 Å². The van der Waals surface area contributed by atoms with Gasteiger partial charge in [0.15, 0.2) is 0 Å². The van der Waals surface area contributed by atoms with Crippen LogP contribution in [0.4, 0.5) is 5.82 Å². The van der Waals surface area contributed by atoms with Gasteiger partial charge >= 0.3 is 0 Å². The number of pyridine rings is 1. The molecule has 0 saturated carbocycles. The summed E-state index contributed by atoms with van der Waals surface area (Å²) >= 11 is 3.27. The molecule has 0 aliphatic rings. The van der Waals surface area contributed by atoms with Crippen LogP contribution in [0.5, 0.6) is 0 Å². The second-order valence-electron chi connectivity index (χ2n) is 4.77. The first-order valence-corrected chi connectivity index (χ1v) is 6.68. The van der Waals surface area contributed by atoms with Crippen molar-refractivity contribution < 1.29 is 9.90 Å². The van der Waals surface area contributed by atoms with Crippen LogP contribution in [-0.2, 0) is 16.9 Å². The molecule has 7 nitrogen and oxygen atoms in total. The Morgan fingerprint density at radius 3 is 2.80 bits per heavy atom. The van der Waals surface area contributed by atoms with Crippen LogP contribution in [0.3, 0.4) is 0 Å². The van der Waals surface area contributed by atoms with Crippen LogP contribution >= 0.6 is 15.9 Å². The molecule has 2 aromatic rings. The molecule has 0 saturated heterocycles. The molecule has 2 N–H and O–H groups in total. The average Bonchev–Trinajstić information content (AvgIpc) is 2.80. The number of hydrogen-bond donors (Lipinski definition) is 2. The van der Waals surface area contributed by atoms with Crippen LogP contribution in [0.1, 0.15) is 19.5 Å². The SMILES string of the molecule is CC(C)(O)c1cn(CC(=O)Nc2ccc(Br)cn2)nn1. The zero-order valence-corrected chi connectivity index (χ0v) is 12.6. The highest BCUT2D eigenvalue weighted by molar-refractivity contribution is 9.10. The molecular formula is C12H14BrN5O2. The number of aromatic nitrogens is 4. The van der Waals surface area contributed by atoms with E-state index < -0.39 is 5.60 Å². The summed E-state index contributed by atoms with van der Waals surface area (Å²) in [7, 11) is 0. The van der Waals surface area contributed by atoms with Crippen molar-refractivity contribution in [1.82, 2.24) is 20.0 Å². The molecule has 20 heavy (non-hydrogen) atoms. The summed E-state index contributed by atoms with van der Waals surface area (Å²) in [6, 6.07) is 3.47. The van der Waals surface area contributed by atoms with Gasteiger partial charge in [-0.25, -0.2) is 9.67 Å². The van der Waals surface area contributed by atoms with Gasteiger partial charge in [0.05, 0.1) is 6.20 Å². The molecule has 0 unspecified atom stereocenters.